The second kappa shape index (κ2) is 9.84. The molecule has 2 amide bonds. The highest BCUT2D eigenvalue weighted by molar-refractivity contribution is 9.10. The van der Waals surface area contributed by atoms with Crippen LogP contribution in [0.3, 0.4) is 0 Å². The van der Waals surface area contributed by atoms with Crippen molar-refractivity contribution in [1.82, 2.24) is 5.32 Å². The second-order valence-corrected chi connectivity index (χ2v) is 9.58. The van der Waals surface area contributed by atoms with E-state index in [1.807, 2.05) is 25.1 Å². The van der Waals surface area contributed by atoms with Gasteiger partial charge in [0.25, 0.3) is 5.91 Å². The highest BCUT2D eigenvalue weighted by atomic mass is 79.9. The van der Waals surface area contributed by atoms with Gasteiger partial charge in [-0.25, -0.2) is 8.42 Å². The summed E-state index contributed by atoms with van der Waals surface area (Å²) in [5, 5.41) is 5.41. The van der Waals surface area contributed by atoms with Crippen molar-refractivity contribution >= 4 is 43.3 Å². The molecule has 0 bridgehead atoms. The molecule has 0 aromatic heterocycles. The minimum Gasteiger partial charge on any atom is -0.340 e. The molecule has 0 saturated carbocycles. The molecule has 0 aliphatic heterocycles. The van der Waals surface area contributed by atoms with Gasteiger partial charge in [0.2, 0.25) is 5.91 Å². The number of hydrogen-bond donors (Lipinski definition) is 2. The molecule has 1 atom stereocenters. The lowest BCUT2D eigenvalue weighted by Crippen LogP contribution is -2.44. The van der Waals surface area contributed by atoms with Gasteiger partial charge in [0.05, 0.1) is 11.3 Å². The molecule has 8 heteroatoms. The molecule has 0 fully saturated rings. The van der Waals surface area contributed by atoms with Crippen LogP contribution in [0.15, 0.2) is 53.0 Å². The lowest BCUT2D eigenvalue weighted by molar-refractivity contribution is -0.118. The molecule has 2 N–H and O–H groups in total. The van der Waals surface area contributed by atoms with Crippen LogP contribution in [0.5, 0.6) is 0 Å². The van der Waals surface area contributed by atoms with Gasteiger partial charge >= 0.3 is 0 Å². The van der Waals surface area contributed by atoms with Gasteiger partial charge in [-0.05, 0) is 58.6 Å². The Hall–Kier alpha value is -2.19. The first-order chi connectivity index (χ1) is 13.2. The third-order valence-corrected chi connectivity index (χ3v) is 5.79. The maximum absolute atomic E-state index is 12.7. The zero-order chi connectivity index (χ0) is 20.7. The molecule has 150 valence electrons. The molecular weight excluding hydrogens is 444 g/mol. The van der Waals surface area contributed by atoms with Gasteiger partial charge in [0.15, 0.2) is 0 Å². The number of hydrogen-bond acceptors (Lipinski definition) is 4. The van der Waals surface area contributed by atoms with E-state index >= 15 is 0 Å². The number of anilines is 1. The molecule has 28 heavy (non-hydrogen) atoms. The Balaban J connectivity index is 2.18. The van der Waals surface area contributed by atoms with Crippen LogP contribution in [-0.4, -0.2) is 38.3 Å². The standard InChI is InChI=1S/C20H23BrN2O4S/c1-3-14-7-6-8-15(13-14)22-20(25)18(11-12-28(2,26)27)23-19(24)16-9-4-5-10-17(16)21/h4-10,13,18H,3,11-12H2,1-2H3,(H,22,25)(H,23,24). The van der Waals surface area contributed by atoms with E-state index in [9.17, 15) is 18.0 Å². The molecule has 0 heterocycles. The van der Waals surface area contributed by atoms with Gasteiger partial charge in [-0.15, -0.1) is 0 Å². The molecule has 2 aromatic rings. The first-order valence-corrected chi connectivity index (χ1v) is 11.7. The fraction of sp³-hybridized carbons (Fsp3) is 0.300. The van der Waals surface area contributed by atoms with Crippen molar-refractivity contribution in [3.05, 3.63) is 64.1 Å². The van der Waals surface area contributed by atoms with Gasteiger partial charge in [0, 0.05) is 16.4 Å². The smallest absolute Gasteiger partial charge is 0.253 e. The van der Waals surface area contributed by atoms with E-state index in [1.165, 1.54) is 0 Å². The molecule has 2 aromatic carbocycles. The zero-order valence-corrected chi connectivity index (χ0v) is 18.1. The number of rotatable bonds is 8. The minimum absolute atomic E-state index is 0.0195. The summed E-state index contributed by atoms with van der Waals surface area (Å²) >= 11 is 3.31. The lowest BCUT2D eigenvalue weighted by Gasteiger charge is -2.19. The molecule has 2 rings (SSSR count). The average Bonchev–Trinajstić information content (AvgIpc) is 2.64. The van der Waals surface area contributed by atoms with Crippen LogP contribution in [0, 0.1) is 0 Å². The normalized spacial score (nSPS) is 12.2. The Labute approximate surface area is 173 Å². The van der Waals surface area contributed by atoms with Crippen LogP contribution >= 0.6 is 15.9 Å². The fourth-order valence-electron chi connectivity index (χ4n) is 2.58. The largest absolute Gasteiger partial charge is 0.340 e. The Morgan fingerprint density at radius 3 is 2.46 bits per heavy atom. The van der Waals surface area contributed by atoms with Crippen molar-refractivity contribution in [2.45, 2.75) is 25.8 Å². The predicted molar refractivity (Wildman–Crippen MR) is 114 cm³/mol. The van der Waals surface area contributed by atoms with E-state index < -0.39 is 27.7 Å². The highest BCUT2D eigenvalue weighted by Gasteiger charge is 2.24. The van der Waals surface area contributed by atoms with Crippen molar-refractivity contribution in [2.24, 2.45) is 0 Å². The minimum atomic E-state index is -3.29. The molecule has 0 spiro atoms. The molecule has 0 aliphatic rings. The first-order valence-electron chi connectivity index (χ1n) is 8.82. The van der Waals surface area contributed by atoms with Crippen molar-refractivity contribution in [1.29, 1.82) is 0 Å². The van der Waals surface area contributed by atoms with E-state index in [0.29, 0.717) is 15.7 Å². The van der Waals surface area contributed by atoms with E-state index in [0.717, 1.165) is 18.2 Å². The zero-order valence-electron chi connectivity index (χ0n) is 15.7. The van der Waals surface area contributed by atoms with Gasteiger partial charge < -0.3 is 10.6 Å². The number of aryl methyl sites for hydroxylation is 1. The third kappa shape index (κ3) is 6.76. The molecular formula is C20H23BrN2O4S. The van der Waals surface area contributed by atoms with E-state index in [-0.39, 0.29) is 12.2 Å². The van der Waals surface area contributed by atoms with Crippen LogP contribution in [0.4, 0.5) is 5.69 Å². The quantitative estimate of drug-likeness (QED) is 0.624. The first kappa shape index (κ1) is 22.1. The van der Waals surface area contributed by atoms with Crippen LogP contribution in [-0.2, 0) is 21.1 Å². The molecule has 1 unspecified atom stereocenters. The number of carbonyl (C=O) groups is 2. The number of halogens is 1. The van der Waals surface area contributed by atoms with Crippen molar-refractivity contribution in [3.63, 3.8) is 0 Å². The predicted octanol–water partition coefficient (Wildman–Crippen LogP) is 3.18. The number of benzene rings is 2. The summed E-state index contributed by atoms with van der Waals surface area (Å²) < 4.78 is 23.7. The van der Waals surface area contributed by atoms with Crippen LogP contribution in [0.2, 0.25) is 0 Å². The van der Waals surface area contributed by atoms with Crippen LogP contribution < -0.4 is 10.6 Å². The monoisotopic (exact) mass is 466 g/mol. The molecule has 0 saturated heterocycles. The number of carbonyl (C=O) groups excluding carboxylic acids is 2. The Kier molecular flexibility index (Phi) is 7.77. The van der Waals surface area contributed by atoms with Gasteiger partial charge in [-0.2, -0.15) is 0 Å². The SMILES string of the molecule is CCc1cccc(NC(=O)C(CCS(C)(=O)=O)NC(=O)c2ccccc2Br)c1. The number of sulfone groups is 1. The van der Waals surface area contributed by atoms with Crippen molar-refractivity contribution in [2.75, 3.05) is 17.3 Å². The highest BCUT2D eigenvalue weighted by Crippen LogP contribution is 2.17. The Morgan fingerprint density at radius 2 is 1.82 bits per heavy atom. The topological polar surface area (TPSA) is 92.3 Å². The Bertz CT molecular complexity index is 960. The van der Waals surface area contributed by atoms with E-state index in [4.69, 9.17) is 0 Å². The summed E-state index contributed by atoms with van der Waals surface area (Å²) in [6.45, 7) is 2.01. The Morgan fingerprint density at radius 1 is 1.11 bits per heavy atom. The molecule has 0 aliphatic carbocycles. The number of nitrogens with one attached hydrogen (secondary N) is 2. The third-order valence-electron chi connectivity index (χ3n) is 4.12. The maximum atomic E-state index is 12.7. The van der Waals surface area contributed by atoms with Crippen molar-refractivity contribution < 1.29 is 18.0 Å². The summed E-state index contributed by atoms with van der Waals surface area (Å²) in [6, 6.07) is 13.2. The van der Waals surface area contributed by atoms with Gasteiger partial charge in [-0.1, -0.05) is 31.2 Å². The summed E-state index contributed by atoms with van der Waals surface area (Å²) in [6.07, 6.45) is 1.90. The van der Waals surface area contributed by atoms with Gasteiger partial charge in [0.1, 0.15) is 15.9 Å². The average molecular weight is 467 g/mol. The summed E-state index contributed by atoms with van der Waals surface area (Å²) in [5.74, 6) is -1.13. The van der Waals surface area contributed by atoms with Crippen molar-refractivity contribution in [3.8, 4) is 0 Å². The van der Waals surface area contributed by atoms with E-state index in [1.54, 1.807) is 30.3 Å². The van der Waals surface area contributed by atoms with E-state index in [2.05, 4.69) is 26.6 Å². The summed E-state index contributed by atoms with van der Waals surface area (Å²) in [7, 11) is -3.29. The molecule has 6 nitrogen and oxygen atoms in total. The van der Waals surface area contributed by atoms with Gasteiger partial charge in [-0.3, -0.25) is 9.59 Å². The maximum Gasteiger partial charge on any atom is 0.253 e. The summed E-state index contributed by atoms with van der Waals surface area (Å²) in [4.78, 5) is 25.3. The number of amides is 2. The second-order valence-electron chi connectivity index (χ2n) is 6.47. The van der Waals surface area contributed by atoms with Crippen LogP contribution in [0.25, 0.3) is 0 Å². The van der Waals surface area contributed by atoms with Crippen LogP contribution in [0.1, 0.15) is 29.3 Å². The molecule has 0 radical (unpaired) electrons. The lowest BCUT2D eigenvalue weighted by atomic mass is 10.1. The fourth-order valence-corrected chi connectivity index (χ4v) is 3.71. The summed E-state index contributed by atoms with van der Waals surface area (Å²) in [5.41, 5.74) is 2.03.